The average Bonchev–Trinajstić information content (AvgIpc) is 2.67. The second-order valence-corrected chi connectivity index (χ2v) is 8.24. The smallest absolute Gasteiger partial charge is 0.326 e. The largest absolute Gasteiger partial charge is 0.480 e. The minimum absolute atomic E-state index is 0.0429. The van der Waals surface area contributed by atoms with Gasteiger partial charge in [0.2, 0.25) is 23.6 Å². The molecule has 31 heavy (non-hydrogen) atoms. The molecule has 11 heteroatoms. The summed E-state index contributed by atoms with van der Waals surface area (Å²) < 4.78 is 0. The molecule has 4 amide bonds. The number of amides is 4. The molecule has 178 valence electrons. The molecule has 11 nitrogen and oxygen atoms in total. The summed E-state index contributed by atoms with van der Waals surface area (Å²) in [5.41, 5.74) is 10.8. The van der Waals surface area contributed by atoms with Gasteiger partial charge in [-0.15, -0.1) is 0 Å². The van der Waals surface area contributed by atoms with E-state index in [1.807, 2.05) is 20.8 Å². The maximum Gasteiger partial charge on any atom is 0.326 e. The standard InChI is InChI=1S/C20H37N5O6/c1-6-11(4)16(25-18(28)13(21)7-8-15(22)26)19(29)23-12(5)17(27)24-14(20(30)31)9-10(2)3/h10-14,16H,6-9,21H2,1-5H3,(H2,22,26)(H,23,29)(H,24,27)(H,25,28)(H,30,31). The highest BCUT2D eigenvalue weighted by molar-refractivity contribution is 5.94. The number of carbonyl (C=O) groups excluding carboxylic acids is 4. The van der Waals surface area contributed by atoms with Gasteiger partial charge in [-0.1, -0.05) is 34.1 Å². The van der Waals surface area contributed by atoms with Gasteiger partial charge in [-0.25, -0.2) is 4.79 Å². The van der Waals surface area contributed by atoms with Crippen LogP contribution in [0.1, 0.15) is 60.3 Å². The zero-order valence-corrected chi connectivity index (χ0v) is 18.9. The van der Waals surface area contributed by atoms with E-state index in [4.69, 9.17) is 11.5 Å². The van der Waals surface area contributed by atoms with Crippen LogP contribution < -0.4 is 27.4 Å². The quantitative estimate of drug-likeness (QED) is 0.203. The Morgan fingerprint density at radius 1 is 0.903 bits per heavy atom. The molecule has 0 aliphatic carbocycles. The molecular formula is C20H37N5O6. The third kappa shape index (κ3) is 10.8. The molecule has 0 spiro atoms. The molecule has 0 saturated heterocycles. The first-order chi connectivity index (χ1) is 14.3. The van der Waals surface area contributed by atoms with Crippen molar-refractivity contribution in [1.82, 2.24) is 16.0 Å². The summed E-state index contributed by atoms with van der Waals surface area (Å²) in [5, 5.41) is 16.8. The van der Waals surface area contributed by atoms with E-state index >= 15 is 0 Å². The van der Waals surface area contributed by atoms with Crippen LogP contribution in [-0.4, -0.2) is 58.9 Å². The number of rotatable bonds is 14. The summed E-state index contributed by atoms with van der Waals surface area (Å²) in [6.45, 7) is 8.69. The van der Waals surface area contributed by atoms with Crippen molar-refractivity contribution in [3.05, 3.63) is 0 Å². The number of carboxylic acid groups (broad SMARTS) is 1. The lowest BCUT2D eigenvalue weighted by atomic mass is 9.97. The van der Waals surface area contributed by atoms with Crippen LogP contribution in [0.4, 0.5) is 0 Å². The van der Waals surface area contributed by atoms with Gasteiger partial charge in [0.15, 0.2) is 0 Å². The van der Waals surface area contributed by atoms with Gasteiger partial charge in [0.1, 0.15) is 18.1 Å². The Morgan fingerprint density at radius 2 is 1.48 bits per heavy atom. The molecule has 5 atom stereocenters. The summed E-state index contributed by atoms with van der Waals surface area (Å²) in [6, 6.07) is -4.06. The van der Waals surface area contributed by atoms with E-state index in [2.05, 4.69) is 16.0 Å². The monoisotopic (exact) mass is 443 g/mol. The van der Waals surface area contributed by atoms with Crippen molar-refractivity contribution in [2.45, 2.75) is 84.5 Å². The van der Waals surface area contributed by atoms with Gasteiger partial charge in [-0.2, -0.15) is 0 Å². The Labute approximate surface area is 183 Å². The fourth-order valence-corrected chi connectivity index (χ4v) is 2.75. The Morgan fingerprint density at radius 3 is 1.94 bits per heavy atom. The molecular weight excluding hydrogens is 406 g/mol. The zero-order chi connectivity index (χ0) is 24.3. The first-order valence-electron chi connectivity index (χ1n) is 10.5. The Bertz CT molecular complexity index is 654. The molecule has 0 fully saturated rings. The van der Waals surface area contributed by atoms with Gasteiger partial charge >= 0.3 is 5.97 Å². The lowest BCUT2D eigenvalue weighted by molar-refractivity contribution is -0.142. The number of carbonyl (C=O) groups is 5. The molecule has 0 aliphatic heterocycles. The molecule has 0 aromatic rings. The van der Waals surface area contributed by atoms with Crippen LogP contribution in [-0.2, 0) is 24.0 Å². The first kappa shape index (κ1) is 28.3. The van der Waals surface area contributed by atoms with Crippen LogP contribution in [0.3, 0.4) is 0 Å². The highest BCUT2D eigenvalue weighted by Crippen LogP contribution is 2.10. The SMILES string of the molecule is CCC(C)C(NC(=O)C(N)CCC(N)=O)C(=O)NC(C)C(=O)NC(CC(C)C)C(=O)O. The zero-order valence-electron chi connectivity index (χ0n) is 18.9. The second-order valence-electron chi connectivity index (χ2n) is 8.24. The van der Waals surface area contributed by atoms with Crippen molar-refractivity contribution in [2.24, 2.45) is 23.3 Å². The van der Waals surface area contributed by atoms with Crippen LogP contribution in [0.25, 0.3) is 0 Å². The van der Waals surface area contributed by atoms with Crippen molar-refractivity contribution in [1.29, 1.82) is 0 Å². The van der Waals surface area contributed by atoms with E-state index < -0.39 is 53.8 Å². The van der Waals surface area contributed by atoms with Gasteiger partial charge in [0.05, 0.1) is 6.04 Å². The predicted octanol–water partition coefficient (Wildman–Crippen LogP) is -0.770. The number of aliphatic carboxylic acids is 1. The third-order valence-electron chi connectivity index (χ3n) is 4.91. The summed E-state index contributed by atoms with van der Waals surface area (Å²) in [7, 11) is 0. The van der Waals surface area contributed by atoms with Gasteiger partial charge in [0, 0.05) is 6.42 Å². The van der Waals surface area contributed by atoms with Crippen LogP contribution in [0.2, 0.25) is 0 Å². The van der Waals surface area contributed by atoms with E-state index in [9.17, 15) is 29.1 Å². The molecule has 0 rings (SSSR count). The number of primary amides is 1. The lowest BCUT2D eigenvalue weighted by Crippen LogP contribution is -2.58. The highest BCUT2D eigenvalue weighted by Gasteiger charge is 2.31. The van der Waals surface area contributed by atoms with Crippen LogP contribution in [0, 0.1) is 11.8 Å². The van der Waals surface area contributed by atoms with Gasteiger partial charge in [0.25, 0.3) is 0 Å². The first-order valence-corrected chi connectivity index (χ1v) is 10.5. The molecule has 0 radical (unpaired) electrons. The van der Waals surface area contributed by atoms with E-state index in [0.717, 1.165) is 0 Å². The molecule has 0 heterocycles. The number of nitrogens with one attached hydrogen (secondary N) is 3. The lowest BCUT2D eigenvalue weighted by Gasteiger charge is -2.27. The van der Waals surface area contributed by atoms with Gasteiger partial charge in [-0.05, 0) is 31.6 Å². The molecule has 0 aliphatic rings. The Balaban J connectivity index is 5.10. The minimum Gasteiger partial charge on any atom is -0.480 e. The molecule has 0 bridgehead atoms. The fraction of sp³-hybridized carbons (Fsp3) is 0.750. The summed E-state index contributed by atoms with van der Waals surface area (Å²) in [6.07, 6.45) is 0.787. The van der Waals surface area contributed by atoms with Gasteiger partial charge in [-0.3, -0.25) is 19.2 Å². The molecule has 0 aromatic carbocycles. The fourth-order valence-electron chi connectivity index (χ4n) is 2.75. The van der Waals surface area contributed by atoms with Gasteiger partial charge < -0.3 is 32.5 Å². The van der Waals surface area contributed by atoms with E-state index in [-0.39, 0.29) is 31.1 Å². The predicted molar refractivity (Wildman–Crippen MR) is 114 cm³/mol. The molecule has 0 saturated carbocycles. The summed E-state index contributed by atoms with van der Waals surface area (Å²) in [5.74, 6) is -3.81. The molecule has 0 aromatic heterocycles. The van der Waals surface area contributed by atoms with Crippen LogP contribution in [0.5, 0.6) is 0 Å². The maximum atomic E-state index is 12.7. The van der Waals surface area contributed by atoms with E-state index in [1.165, 1.54) is 6.92 Å². The van der Waals surface area contributed by atoms with Crippen molar-refractivity contribution in [3.8, 4) is 0 Å². The topological polar surface area (TPSA) is 194 Å². The number of nitrogens with two attached hydrogens (primary N) is 2. The molecule has 5 unspecified atom stereocenters. The van der Waals surface area contributed by atoms with Crippen LogP contribution >= 0.6 is 0 Å². The van der Waals surface area contributed by atoms with Crippen molar-refractivity contribution in [3.63, 3.8) is 0 Å². The van der Waals surface area contributed by atoms with Crippen molar-refractivity contribution >= 4 is 29.6 Å². The van der Waals surface area contributed by atoms with Crippen molar-refractivity contribution < 1.29 is 29.1 Å². The Hall–Kier alpha value is -2.69. The molecule has 8 N–H and O–H groups in total. The Kier molecular flexibility index (Phi) is 12.4. The maximum absolute atomic E-state index is 12.7. The second kappa shape index (κ2) is 13.6. The van der Waals surface area contributed by atoms with Crippen LogP contribution in [0.15, 0.2) is 0 Å². The van der Waals surface area contributed by atoms with E-state index in [1.54, 1.807) is 6.92 Å². The average molecular weight is 444 g/mol. The van der Waals surface area contributed by atoms with E-state index in [0.29, 0.717) is 6.42 Å². The number of carboxylic acids is 1. The third-order valence-corrected chi connectivity index (χ3v) is 4.91. The summed E-state index contributed by atoms with van der Waals surface area (Å²) >= 11 is 0. The highest BCUT2D eigenvalue weighted by atomic mass is 16.4. The number of hydrogen-bond acceptors (Lipinski definition) is 6. The number of hydrogen-bond donors (Lipinski definition) is 6. The summed E-state index contributed by atoms with van der Waals surface area (Å²) in [4.78, 5) is 59.7. The minimum atomic E-state index is -1.16. The normalized spacial score (nSPS) is 15.8. The van der Waals surface area contributed by atoms with Crippen molar-refractivity contribution in [2.75, 3.05) is 0 Å².